The summed E-state index contributed by atoms with van der Waals surface area (Å²) in [7, 11) is 1.67. The molecule has 0 aromatic heterocycles. The molecule has 1 unspecified atom stereocenters. The Balaban J connectivity index is 3.44. The second-order valence-corrected chi connectivity index (χ2v) is 1.75. The Labute approximate surface area is 49.5 Å². The van der Waals surface area contributed by atoms with Crippen molar-refractivity contribution in [3.63, 3.8) is 0 Å². The van der Waals surface area contributed by atoms with E-state index in [2.05, 4.69) is 0 Å². The standard InChI is InChI=1S/C5H12N2O/c1-3-5(6)7(2)4-8/h4-5H,3,6H2,1-2H3. The summed E-state index contributed by atoms with van der Waals surface area (Å²) >= 11 is 0. The molecular formula is C5H12N2O. The molecule has 48 valence electrons. The Hall–Kier alpha value is -0.570. The lowest BCUT2D eigenvalue weighted by Crippen LogP contribution is -2.37. The fourth-order valence-corrected chi connectivity index (χ4v) is 0.366. The largest absolute Gasteiger partial charge is 0.333 e. The lowest BCUT2D eigenvalue weighted by Gasteiger charge is -2.17. The first-order valence-corrected chi connectivity index (χ1v) is 2.65. The van der Waals surface area contributed by atoms with Crippen molar-refractivity contribution in [3.05, 3.63) is 0 Å². The zero-order valence-corrected chi connectivity index (χ0v) is 5.29. The van der Waals surface area contributed by atoms with Crippen LogP contribution in [0.2, 0.25) is 0 Å². The van der Waals surface area contributed by atoms with Crippen LogP contribution in [0.15, 0.2) is 0 Å². The summed E-state index contributed by atoms with van der Waals surface area (Å²) in [5.41, 5.74) is 5.42. The summed E-state index contributed by atoms with van der Waals surface area (Å²) in [5, 5.41) is 0. The predicted octanol–water partition coefficient (Wildman–Crippen LogP) is -0.231. The SMILES string of the molecule is CCC(N)N(C)C=O. The maximum atomic E-state index is 9.95. The topological polar surface area (TPSA) is 46.3 Å². The van der Waals surface area contributed by atoms with Gasteiger partial charge in [-0.1, -0.05) is 6.92 Å². The van der Waals surface area contributed by atoms with Crippen LogP contribution in [-0.2, 0) is 4.79 Å². The summed E-state index contributed by atoms with van der Waals surface area (Å²) in [6.45, 7) is 1.94. The van der Waals surface area contributed by atoms with Crippen LogP contribution in [0, 0.1) is 0 Å². The molecule has 0 fully saturated rings. The number of hydrogen-bond acceptors (Lipinski definition) is 2. The van der Waals surface area contributed by atoms with Gasteiger partial charge in [0.15, 0.2) is 0 Å². The Morgan fingerprint density at radius 2 is 2.38 bits per heavy atom. The summed E-state index contributed by atoms with van der Waals surface area (Å²) in [6.07, 6.45) is 1.41. The van der Waals surface area contributed by atoms with Crippen molar-refractivity contribution in [2.75, 3.05) is 7.05 Å². The molecule has 0 heterocycles. The van der Waals surface area contributed by atoms with Gasteiger partial charge >= 0.3 is 0 Å². The second kappa shape index (κ2) is 3.43. The van der Waals surface area contributed by atoms with Crippen LogP contribution in [0.4, 0.5) is 0 Å². The molecule has 1 atom stereocenters. The van der Waals surface area contributed by atoms with E-state index in [0.29, 0.717) is 0 Å². The molecule has 3 nitrogen and oxygen atoms in total. The van der Waals surface area contributed by atoms with E-state index >= 15 is 0 Å². The van der Waals surface area contributed by atoms with E-state index < -0.39 is 0 Å². The number of amides is 1. The molecule has 0 aliphatic carbocycles. The van der Waals surface area contributed by atoms with Gasteiger partial charge in [-0.25, -0.2) is 0 Å². The Morgan fingerprint density at radius 1 is 1.88 bits per heavy atom. The van der Waals surface area contributed by atoms with E-state index in [-0.39, 0.29) is 6.17 Å². The van der Waals surface area contributed by atoms with Gasteiger partial charge in [0, 0.05) is 7.05 Å². The number of carbonyl (C=O) groups is 1. The quantitative estimate of drug-likeness (QED) is 0.409. The molecule has 0 aliphatic heterocycles. The summed E-state index contributed by atoms with van der Waals surface area (Å²) in [6, 6.07) is 0. The van der Waals surface area contributed by atoms with Gasteiger partial charge in [-0.15, -0.1) is 0 Å². The van der Waals surface area contributed by atoms with Crippen LogP contribution in [-0.4, -0.2) is 24.5 Å². The van der Waals surface area contributed by atoms with Gasteiger partial charge in [0.25, 0.3) is 0 Å². The van der Waals surface area contributed by atoms with E-state index in [9.17, 15) is 4.79 Å². The van der Waals surface area contributed by atoms with E-state index in [1.165, 1.54) is 4.90 Å². The average molecular weight is 116 g/mol. The van der Waals surface area contributed by atoms with Crippen molar-refractivity contribution in [2.45, 2.75) is 19.5 Å². The highest BCUT2D eigenvalue weighted by atomic mass is 16.1. The second-order valence-electron chi connectivity index (χ2n) is 1.75. The fourth-order valence-electron chi connectivity index (χ4n) is 0.366. The van der Waals surface area contributed by atoms with Gasteiger partial charge < -0.3 is 10.6 Å². The van der Waals surface area contributed by atoms with Crippen molar-refractivity contribution in [2.24, 2.45) is 5.73 Å². The lowest BCUT2D eigenvalue weighted by atomic mass is 10.4. The number of nitrogens with two attached hydrogens (primary N) is 1. The molecular weight excluding hydrogens is 104 g/mol. The third-order valence-electron chi connectivity index (χ3n) is 1.11. The minimum atomic E-state index is -0.118. The maximum absolute atomic E-state index is 9.95. The highest BCUT2D eigenvalue weighted by Gasteiger charge is 2.00. The molecule has 0 bridgehead atoms. The molecule has 0 rings (SSSR count). The Morgan fingerprint density at radius 3 is 2.50 bits per heavy atom. The fraction of sp³-hybridized carbons (Fsp3) is 0.800. The van der Waals surface area contributed by atoms with E-state index in [1.807, 2.05) is 6.92 Å². The molecule has 8 heavy (non-hydrogen) atoms. The van der Waals surface area contributed by atoms with Crippen molar-refractivity contribution in [3.8, 4) is 0 Å². The van der Waals surface area contributed by atoms with Crippen LogP contribution in [0.5, 0.6) is 0 Å². The van der Waals surface area contributed by atoms with Crippen LogP contribution < -0.4 is 5.73 Å². The summed E-state index contributed by atoms with van der Waals surface area (Å²) in [5.74, 6) is 0. The van der Waals surface area contributed by atoms with Gasteiger partial charge in [-0.3, -0.25) is 4.79 Å². The van der Waals surface area contributed by atoms with Crippen LogP contribution >= 0.6 is 0 Å². The molecule has 0 spiro atoms. The minimum absolute atomic E-state index is 0.118. The minimum Gasteiger partial charge on any atom is -0.333 e. The van der Waals surface area contributed by atoms with Crippen LogP contribution in [0.1, 0.15) is 13.3 Å². The molecule has 3 heteroatoms. The van der Waals surface area contributed by atoms with Gasteiger partial charge in [-0.2, -0.15) is 0 Å². The highest BCUT2D eigenvalue weighted by Crippen LogP contribution is 1.87. The number of hydrogen-bond donors (Lipinski definition) is 1. The highest BCUT2D eigenvalue weighted by molar-refractivity contribution is 5.46. The molecule has 2 N–H and O–H groups in total. The number of rotatable bonds is 3. The first kappa shape index (κ1) is 7.43. The van der Waals surface area contributed by atoms with Gasteiger partial charge in [0.05, 0.1) is 6.17 Å². The molecule has 0 radical (unpaired) electrons. The summed E-state index contributed by atoms with van der Waals surface area (Å²) in [4.78, 5) is 11.4. The Bertz CT molecular complexity index is 74.8. The Kier molecular flexibility index (Phi) is 3.19. The average Bonchev–Trinajstić information content (AvgIpc) is 1.84. The molecule has 0 saturated heterocycles. The van der Waals surface area contributed by atoms with Crippen LogP contribution in [0.3, 0.4) is 0 Å². The van der Waals surface area contributed by atoms with E-state index in [4.69, 9.17) is 5.73 Å². The monoisotopic (exact) mass is 116 g/mol. The van der Waals surface area contributed by atoms with Crippen molar-refractivity contribution in [1.82, 2.24) is 4.90 Å². The first-order chi connectivity index (χ1) is 3.72. The smallest absolute Gasteiger partial charge is 0.210 e. The summed E-state index contributed by atoms with van der Waals surface area (Å²) < 4.78 is 0. The molecule has 0 aromatic carbocycles. The zero-order valence-electron chi connectivity index (χ0n) is 5.29. The van der Waals surface area contributed by atoms with Crippen molar-refractivity contribution < 1.29 is 4.79 Å². The van der Waals surface area contributed by atoms with Gasteiger partial charge in [0.2, 0.25) is 6.41 Å². The van der Waals surface area contributed by atoms with Crippen molar-refractivity contribution >= 4 is 6.41 Å². The predicted molar refractivity (Wildman–Crippen MR) is 32.1 cm³/mol. The number of carbonyl (C=O) groups excluding carboxylic acids is 1. The third kappa shape index (κ3) is 1.93. The van der Waals surface area contributed by atoms with Gasteiger partial charge in [0.1, 0.15) is 0 Å². The van der Waals surface area contributed by atoms with Gasteiger partial charge in [-0.05, 0) is 6.42 Å². The molecule has 1 amide bonds. The molecule has 0 aliphatic rings. The van der Waals surface area contributed by atoms with E-state index in [1.54, 1.807) is 7.05 Å². The molecule has 0 aromatic rings. The lowest BCUT2D eigenvalue weighted by molar-refractivity contribution is -0.118. The first-order valence-electron chi connectivity index (χ1n) is 2.65. The van der Waals surface area contributed by atoms with Crippen molar-refractivity contribution in [1.29, 1.82) is 0 Å². The zero-order chi connectivity index (χ0) is 6.57. The van der Waals surface area contributed by atoms with Crippen LogP contribution in [0.25, 0.3) is 0 Å². The number of nitrogens with zero attached hydrogens (tertiary/aromatic N) is 1. The maximum Gasteiger partial charge on any atom is 0.210 e. The normalized spacial score (nSPS) is 12.9. The third-order valence-corrected chi connectivity index (χ3v) is 1.11. The molecule has 0 saturated carbocycles. The van der Waals surface area contributed by atoms with E-state index in [0.717, 1.165) is 12.8 Å².